The maximum Gasteiger partial charge on any atom is 0.272 e. The van der Waals surface area contributed by atoms with Crippen molar-refractivity contribution in [2.45, 2.75) is 51.4 Å². The average Bonchev–Trinajstić information content (AvgIpc) is 3.10. The fourth-order valence-corrected chi connectivity index (χ4v) is 3.69. The lowest BCUT2D eigenvalue weighted by Crippen LogP contribution is -2.31. The molecule has 0 saturated heterocycles. The van der Waals surface area contributed by atoms with Crippen molar-refractivity contribution in [1.29, 1.82) is 0 Å². The van der Waals surface area contributed by atoms with E-state index in [4.69, 9.17) is 0 Å². The van der Waals surface area contributed by atoms with Gasteiger partial charge in [0.05, 0.1) is 5.52 Å². The summed E-state index contributed by atoms with van der Waals surface area (Å²) in [6.45, 7) is 1.04. The Bertz CT molecular complexity index is 734. The summed E-state index contributed by atoms with van der Waals surface area (Å²) >= 11 is 0. The fraction of sp³-hybridized carbons (Fsp3) is 0.550. The van der Waals surface area contributed by atoms with E-state index < -0.39 is 0 Å². The Balaban J connectivity index is 1.31. The van der Waals surface area contributed by atoms with E-state index >= 15 is 0 Å². The molecule has 2 aromatic rings. The predicted octanol–water partition coefficient (Wildman–Crippen LogP) is 3.16. The van der Waals surface area contributed by atoms with Crippen molar-refractivity contribution in [3.63, 3.8) is 0 Å². The molecule has 1 aromatic carbocycles. The van der Waals surface area contributed by atoms with Gasteiger partial charge in [-0.1, -0.05) is 50.3 Å². The summed E-state index contributed by atoms with van der Waals surface area (Å²) in [4.78, 5) is 24.1. The number of aromatic nitrogens is 2. The predicted molar refractivity (Wildman–Crippen MR) is 102 cm³/mol. The molecule has 3 rings (SSSR count). The van der Waals surface area contributed by atoms with Crippen molar-refractivity contribution in [1.82, 2.24) is 20.8 Å². The number of nitrogens with zero attached hydrogens (tertiary/aromatic N) is 1. The zero-order valence-electron chi connectivity index (χ0n) is 15.2. The zero-order chi connectivity index (χ0) is 18.2. The lowest BCUT2D eigenvalue weighted by molar-refractivity contribution is -0.120. The van der Waals surface area contributed by atoms with Gasteiger partial charge in [-0.15, -0.1) is 0 Å². The van der Waals surface area contributed by atoms with E-state index in [1.54, 1.807) is 0 Å². The van der Waals surface area contributed by atoms with Crippen molar-refractivity contribution in [2.24, 2.45) is 5.92 Å². The number of aromatic amines is 1. The topological polar surface area (TPSA) is 86.9 Å². The van der Waals surface area contributed by atoms with Gasteiger partial charge in [-0.05, 0) is 24.8 Å². The normalized spacial score (nSPS) is 15.1. The van der Waals surface area contributed by atoms with Crippen LogP contribution in [0.2, 0.25) is 0 Å². The second-order valence-corrected chi connectivity index (χ2v) is 7.12. The molecule has 3 N–H and O–H groups in total. The van der Waals surface area contributed by atoms with Gasteiger partial charge < -0.3 is 10.6 Å². The summed E-state index contributed by atoms with van der Waals surface area (Å²) < 4.78 is 0. The summed E-state index contributed by atoms with van der Waals surface area (Å²) in [5, 5.41) is 13.4. The van der Waals surface area contributed by atoms with Gasteiger partial charge in [-0.2, -0.15) is 5.10 Å². The van der Waals surface area contributed by atoms with E-state index in [9.17, 15) is 9.59 Å². The van der Waals surface area contributed by atoms with Crippen molar-refractivity contribution in [3.05, 3.63) is 30.0 Å². The molecule has 0 spiro atoms. The highest BCUT2D eigenvalue weighted by atomic mass is 16.2. The minimum atomic E-state index is -0.257. The van der Waals surface area contributed by atoms with Crippen molar-refractivity contribution in [2.75, 3.05) is 13.1 Å². The number of rotatable bonds is 8. The standard InChI is InChI=1S/C20H28N4O2/c25-18(21-13-6-9-15-7-2-1-3-8-15)12-14-22-20(26)19-16-10-4-5-11-17(16)23-24-19/h4-5,10-11,15H,1-3,6-9,12-14H2,(H,21,25)(H,22,26)(H,23,24). The molecule has 6 nitrogen and oxygen atoms in total. The molecule has 0 unspecified atom stereocenters. The van der Waals surface area contributed by atoms with Crippen LogP contribution >= 0.6 is 0 Å². The molecule has 0 bridgehead atoms. The molecular weight excluding hydrogens is 328 g/mol. The Hall–Kier alpha value is -2.37. The average molecular weight is 356 g/mol. The zero-order valence-corrected chi connectivity index (χ0v) is 15.2. The van der Waals surface area contributed by atoms with E-state index in [0.29, 0.717) is 12.2 Å². The second-order valence-electron chi connectivity index (χ2n) is 7.12. The summed E-state index contributed by atoms with van der Waals surface area (Å²) in [5.74, 6) is 0.581. The van der Waals surface area contributed by atoms with Gasteiger partial charge in [0, 0.05) is 24.9 Å². The van der Waals surface area contributed by atoms with Crippen molar-refractivity contribution in [3.8, 4) is 0 Å². The first-order valence-electron chi connectivity index (χ1n) is 9.72. The van der Waals surface area contributed by atoms with Gasteiger partial charge in [0.25, 0.3) is 5.91 Å². The van der Waals surface area contributed by atoms with Crippen LogP contribution in [-0.4, -0.2) is 35.1 Å². The number of hydrogen-bond donors (Lipinski definition) is 3. The SMILES string of the molecule is O=C(CCNC(=O)c1n[nH]c2ccccc12)NCCCC1CCCCC1. The number of nitrogens with one attached hydrogen (secondary N) is 3. The third kappa shape index (κ3) is 5.07. The molecule has 0 aliphatic heterocycles. The maximum atomic E-state index is 12.2. The largest absolute Gasteiger partial charge is 0.356 e. The summed E-state index contributed by atoms with van der Waals surface area (Å²) in [5.41, 5.74) is 1.20. The van der Waals surface area contributed by atoms with E-state index in [1.807, 2.05) is 24.3 Å². The van der Waals surface area contributed by atoms with Crippen LogP contribution in [0, 0.1) is 5.92 Å². The van der Waals surface area contributed by atoms with Crippen LogP contribution in [-0.2, 0) is 4.79 Å². The Morgan fingerprint density at radius 3 is 2.73 bits per heavy atom. The molecular formula is C20H28N4O2. The Morgan fingerprint density at radius 1 is 1.08 bits per heavy atom. The first kappa shape index (κ1) is 18.4. The highest BCUT2D eigenvalue weighted by Gasteiger charge is 2.14. The molecule has 1 aliphatic rings. The minimum Gasteiger partial charge on any atom is -0.356 e. The monoisotopic (exact) mass is 356 g/mol. The Morgan fingerprint density at radius 2 is 1.88 bits per heavy atom. The number of benzene rings is 1. The highest BCUT2D eigenvalue weighted by molar-refractivity contribution is 6.04. The van der Waals surface area contributed by atoms with Crippen molar-refractivity contribution < 1.29 is 9.59 Å². The molecule has 2 amide bonds. The van der Waals surface area contributed by atoms with E-state index in [1.165, 1.54) is 38.5 Å². The number of hydrogen-bond acceptors (Lipinski definition) is 3. The molecule has 1 saturated carbocycles. The number of fused-ring (bicyclic) bond motifs is 1. The molecule has 26 heavy (non-hydrogen) atoms. The minimum absolute atomic E-state index is 0.0131. The summed E-state index contributed by atoms with van der Waals surface area (Å²) in [6, 6.07) is 7.49. The lowest BCUT2D eigenvalue weighted by Gasteiger charge is -2.21. The quantitative estimate of drug-likeness (QED) is 0.635. The fourth-order valence-electron chi connectivity index (χ4n) is 3.69. The van der Waals surface area contributed by atoms with Crippen molar-refractivity contribution >= 4 is 22.7 Å². The Labute approximate surface area is 154 Å². The maximum absolute atomic E-state index is 12.2. The van der Waals surface area contributed by atoms with E-state index in [0.717, 1.165) is 29.8 Å². The van der Waals surface area contributed by atoms with Crippen LogP contribution < -0.4 is 10.6 Å². The lowest BCUT2D eigenvalue weighted by atomic mass is 9.86. The van der Waals surface area contributed by atoms with Gasteiger partial charge in [0.1, 0.15) is 0 Å². The summed E-state index contributed by atoms with van der Waals surface area (Å²) in [7, 11) is 0. The molecule has 140 valence electrons. The molecule has 6 heteroatoms. The number of amides is 2. The second kappa shape index (κ2) is 9.36. The summed E-state index contributed by atoms with van der Waals surface area (Å²) in [6.07, 6.45) is 9.35. The highest BCUT2D eigenvalue weighted by Crippen LogP contribution is 2.26. The van der Waals surface area contributed by atoms with Gasteiger partial charge in [-0.3, -0.25) is 14.7 Å². The van der Waals surface area contributed by atoms with Gasteiger partial charge >= 0.3 is 0 Å². The first-order valence-corrected chi connectivity index (χ1v) is 9.72. The number of carbonyl (C=O) groups excluding carboxylic acids is 2. The van der Waals surface area contributed by atoms with E-state index in [-0.39, 0.29) is 18.2 Å². The first-order chi connectivity index (χ1) is 12.7. The van der Waals surface area contributed by atoms with Crippen LogP contribution in [0.15, 0.2) is 24.3 Å². The van der Waals surface area contributed by atoms with E-state index in [2.05, 4.69) is 20.8 Å². The van der Waals surface area contributed by atoms with Gasteiger partial charge in [-0.25, -0.2) is 0 Å². The van der Waals surface area contributed by atoms with Crippen LogP contribution in [0.5, 0.6) is 0 Å². The molecule has 1 fully saturated rings. The van der Waals surface area contributed by atoms with Crippen LogP contribution in [0.25, 0.3) is 10.9 Å². The molecule has 0 atom stereocenters. The molecule has 0 radical (unpaired) electrons. The smallest absolute Gasteiger partial charge is 0.272 e. The number of carbonyl (C=O) groups is 2. The van der Waals surface area contributed by atoms with Crippen LogP contribution in [0.3, 0.4) is 0 Å². The Kier molecular flexibility index (Phi) is 6.63. The third-order valence-corrected chi connectivity index (χ3v) is 5.16. The van der Waals surface area contributed by atoms with Gasteiger partial charge in [0.2, 0.25) is 5.91 Å². The number of H-pyrrole nitrogens is 1. The van der Waals surface area contributed by atoms with Gasteiger partial charge in [0.15, 0.2) is 5.69 Å². The number of para-hydroxylation sites is 1. The van der Waals surface area contributed by atoms with Crippen LogP contribution in [0.4, 0.5) is 0 Å². The molecule has 1 aromatic heterocycles. The molecule has 1 aliphatic carbocycles. The van der Waals surface area contributed by atoms with Crippen LogP contribution in [0.1, 0.15) is 61.9 Å². The molecule has 1 heterocycles. The third-order valence-electron chi connectivity index (χ3n) is 5.16.